The molecular formula is C19H17FN4O2. The van der Waals surface area contributed by atoms with Crippen molar-refractivity contribution in [3.8, 4) is 5.69 Å². The molecule has 0 aliphatic carbocycles. The number of nitrogens with one attached hydrogen (secondary N) is 1. The lowest BCUT2D eigenvalue weighted by Crippen LogP contribution is -2.37. The fraction of sp³-hybridized carbons (Fsp3) is 0.105. The highest BCUT2D eigenvalue weighted by molar-refractivity contribution is 5.98. The van der Waals surface area contributed by atoms with E-state index in [4.69, 9.17) is 5.73 Å². The van der Waals surface area contributed by atoms with Crippen LogP contribution in [0.1, 0.15) is 27.7 Å². The second-order valence-electron chi connectivity index (χ2n) is 5.73. The minimum Gasteiger partial charge on any atom is -0.368 e. The number of amides is 2. The van der Waals surface area contributed by atoms with E-state index in [-0.39, 0.29) is 11.3 Å². The molecule has 26 heavy (non-hydrogen) atoms. The summed E-state index contributed by atoms with van der Waals surface area (Å²) in [4.78, 5) is 24.4. The SMILES string of the molecule is Cc1c(C(=O)NC(C(N)=O)c2ccccc2)cnn1-c1ccccc1F. The molecule has 132 valence electrons. The average Bonchev–Trinajstić information content (AvgIpc) is 3.02. The van der Waals surface area contributed by atoms with Crippen LogP contribution >= 0.6 is 0 Å². The van der Waals surface area contributed by atoms with Gasteiger partial charge in [0.15, 0.2) is 0 Å². The molecule has 0 fully saturated rings. The van der Waals surface area contributed by atoms with Crippen LogP contribution in [0.3, 0.4) is 0 Å². The zero-order valence-corrected chi connectivity index (χ0v) is 14.0. The molecule has 0 aliphatic rings. The summed E-state index contributed by atoms with van der Waals surface area (Å²) in [6, 6.07) is 13.8. The third-order valence-electron chi connectivity index (χ3n) is 4.03. The molecule has 0 saturated heterocycles. The van der Waals surface area contributed by atoms with Gasteiger partial charge in [0, 0.05) is 0 Å². The predicted octanol–water partition coefficient (Wildman–Crippen LogP) is 2.28. The molecule has 7 heteroatoms. The van der Waals surface area contributed by atoms with Crippen molar-refractivity contribution in [2.45, 2.75) is 13.0 Å². The molecule has 0 saturated carbocycles. The van der Waals surface area contributed by atoms with Crippen molar-refractivity contribution in [3.63, 3.8) is 0 Å². The highest BCUT2D eigenvalue weighted by atomic mass is 19.1. The van der Waals surface area contributed by atoms with Crippen LogP contribution in [0.25, 0.3) is 5.69 Å². The summed E-state index contributed by atoms with van der Waals surface area (Å²) in [5.41, 5.74) is 6.92. The quantitative estimate of drug-likeness (QED) is 0.738. The molecular weight excluding hydrogens is 335 g/mol. The zero-order chi connectivity index (χ0) is 18.7. The average molecular weight is 352 g/mol. The molecule has 0 aliphatic heterocycles. The third-order valence-corrected chi connectivity index (χ3v) is 4.03. The van der Waals surface area contributed by atoms with Gasteiger partial charge in [0.1, 0.15) is 17.5 Å². The number of halogens is 1. The van der Waals surface area contributed by atoms with Gasteiger partial charge in [0.25, 0.3) is 5.91 Å². The predicted molar refractivity (Wildman–Crippen MR) is 94.1 cm³/mol. The first kappa shape index (κ1) is 17.3. The first-order chi connectivity index (χ1) is 12.5. The van der Waals surface area contributed by atoms with Crippen molar-refractivity contribution in [3.05, 3.63) is 83.4 Å². The summed E-state index contributed by atoms with van der Waals surface area (Å²) in [6.45, 7) is 1.65. The second-order valence-corrected chi connectivity index (χ2v) is 5.73. The van der Waals surface area contributed by atoms with Gasteiger partial charge >= 0.3 is 0 Å². The van der Waals surface area contributed by atoms with Crippen molar-refractivity contribution < 1.29 is 14.0 Å². The van der Waals surface area contributed by atoms with Crippen molar-refractivity contribution in [1.82, 2.24) is 15.1 Å². The lowest BCUT2D eigenvalue weighted by atomic mass is 10.1. The summed E-state index contributed by atoms with van der Waals surface area (Å²) in [5.74, 6) is -1.65. The number of benzene rings is 2. The minimum atomic E-state index is -0.972. The number of hydrogen-bond donors (Lipinski definition) is 2. The molecule has 3 N–H and O–H groups in total. The number of nitrogens with zero attached hydrogens (tertiary/aromatic N) is 2. The van der Waals surface area contributed by atoms with E-state index in [1.807, 2.05) is 0 Å². The molecule has 6 nitrogen and oxygen atoms in total. The molecule has 0 spiro atoms. The molecule has 2 amide bonds. The Kier molecular flexibility index (Phi) is 4.79. The zero-order valence-electron chi connectivity index (χ0n) is 14.0. The Morgan fingerprint density at radius 2 is 1.77 bits per heavy atom. The number of hydrogen-bond acceptors (Lipinski definition) is 3. The lowest BCUT2D eigenvalue weighted by molar-refractivity contribution is -0.120. The molecule has 1 atom stereocenters. The Balaban J connectivity index is 1.89. The van der Waals surface area contributed by atoms with Crippen LogP contribution in [0.2, 0.25) is 0 Å². The Bertz CT molecular complexity index is 953. The van der Waals surface area contributed by atoms with Crippen molar-refractivity contribution in [2.75, 3.05) is 0 Å². The largest absolute Gasteiger partial charge is 0.368 e. The number of rotatable bonds is 5. The van der Waals surface area contributed by atoms with Crippen LogP contribution in [0.15, 0.2) is 60.8 Å². The lowest BCUT2D eigenvalue weighted by Gasteiger charge is -2.15. The molecule has 3 aromatic rings. The van der Waals surface area contributed by atoms with Crippen molar-refractivity contribution in [1.29, 1.82) is 0 Å². The maximum absolute atomic E-state index is 14.0. The summed E-state index contributed by atoms with van der Waals surface area (Å²) in [7, 11) is 0. The van der Waals surface area contributed by atoms with E-state index < -0.39 is 23.7 Å². The van der Waals surface area contributed by atoms with Crippen LogP contribution in [0, 0.1) is 12.7 Å². The Labute approximate surface area is 149 Å². The van der Waals surface area contributed by atoms with Gasteiger partial charge in [-0.2, -0.15) is 5.10 Å². The van der Waals surface area contributed by atoms with Gasteiger partial charge < -0.3 is 11.1 Å². The number of aromatic nitrogens is 2. The Morgan fingerprint density at radius 3 is 2.42 bits per heavy atom. The van der Waals surface area contributed by atoms with Gasteiger partial charge in [-0.05, 0) is 24.6 Å². The van der Waals surface area contributed by atoms with Crippen molar-refractivity contribution >= 4 is 11.8 Å². The summed E-state index contributed by atoms with van der Waals surface area (Å²) < 4.78 is 15.3. The number of carbonyl (C=O) groups is 2. The van der Waals surface area contributed by atoms with Crippen LogP contribution in [0.4, 0.5) is 4.39 Å². The topological polar surface area (TPSA) is 90.0 Å². The molecule has 2 aromatic carbocycles. The molecule has 1 aromatic heterocycles. The molecule has 3 rings (SSSR count). The van der Waals surface area contributed by atoms with E-state index in [9.17, 15) is 14.0 Å². The van der Waals surface area contributed by atoms with Crippen molar-refractivity contribution in [2.24, 2.45) is 5.73 Å². The highest BCUT2D eigenvalue weighted by Crippen LogP contribution is 2.18. The fourth-order valence-corrected chi connectivity index (χ4v) is 2.67. The fourth-order valence-electron chi connectivity index (χ4n) is 2.67. The maximum Gasteiger partial charge on any atom is 0.255 e. The van der Waals surface area contributed by atoms with Gasteiger partial charge in [-0.25, -0.2) is 9.07 Å². The van der Waals surface area contributed by atoms with Gasteiger partial charge in [0.2, 0.25) is 5.91 Å². The van der Waals surface area contributed by atoms with E-state index >= 15 is 0 Å². The standard InChI is InChI=1S/C19H17FN4O2/c1-12-14(11-22-24(12)16-10-6-5-9-15(16)20)19(26)23-17(18(21)25)13-7-3-2-4-8-13/h2-11,17H,1H3,(H2,21,25)(H,23,26). The van der Waals surface area contributed by atoms with Crippen LogP contribution in [-0.4, -0.2) is 21.6 Å². The van der Waals surface area contributed by atoms with Crippen LogP contribution in [0.5, 0.6) is 0 Å². The number of primary amides is 1. The van der Waals surface area contributed by atoms with Crippen LogP contribution < -0.4 is 11.1 Å². The van der Waals surface area contributed by atoms with Gasteiger partial charge in [-0.15, -0.1) is 0 Å². The Hall–Kier alpha value is -3.48. The minimum absolute atomic E-state index is 0.232. The van der Waals surface area contributed by atoms with E-state index in [2.05, 4.69) is 10.4 Å². The summed E-state index contributed by atoms with van der Waals surface area (Å²) in [6.07, 6.45) is 1.33. The molecule has 0 bridgehead atoms. The smallest absolute Gasteiger partial charge is 0.255 e. The van der Waals surface area contributed by atoms with Crippen LogP contribution in [-0.2, 0) is 4.79 Å². The monoisotopic (exact) mass is 352 g/mol. The third kappa shape index (κ3) is 3.32. The van der Waals surface area contributed by atoms with Gasteiger partial charge in [-0.3, -0.25) is 9.59 Å². The van der Waals surface area contributed by atoms with E-state index in [1.165, 1.54) is 16.9 Å². The molecule has 0 radical (unpaired) electrons. The first-order valence-electron chi connectivity index (χ1n) is 7.93. The van der Waals surface area contributed by atoms with E-state index in [1.54, 1.807) is 55.5 Å². The second kappa shape index (κ2) is 7.18. The summed E-state index contributed by atoms with van der Waals surface area (Å²) >= 11 is 0. The number of para-hydroxylation sites is 1. The molecule has 1 unspecified atom stereocenters. The molecule has 1 heterocycles. The normalized spacial score (nSPS) is 11.8. The first-order valence-corrected chi connectivity index (χ1v) is 7.93. The van der Waals surface area contributed by atoms with E-state index in [0.717, 1.165) is 0 Å². The number of carbonyl (C=O) groups excluding carboxylic acids is 2. The Morgan fingerprint density at radius 1 is 1.12 bits per heavy atom. The van der Waals surface area contributed by atoms with Gasteiger partial charge in [-0.1, -0.05) is 42.5 Å². The highest BCUT2D eigenvalue weighted by Gasteiger charge is 2.23. The van der Waals surface area contributed by atoms with E-state index in [0.29, 0.717) is 11.3 Å². The number of nitrogens with two attached hydrogens (primary N) is 1. The summed E-state index contributed by atoms with van der Waals surface area (Å²) in [5, 5.41) is 6.70. The van der Waals surface area contributed by atoms with Gasteiger partial charge in [0.05, 0.1) is 17.5 Å². The maximum atomic E-state index is 14.0.